The minimum absolute atomic E-state index is 0.00560. The molecule has 18 heavy (non-hydrogen) atoms. The van der Waals surface area contributed by atoms with Crippen LogP contribution in [0.25, 0.3) is 0 Å². The Morgan fingerprint density at radius 2 is 1.50 bits per heavy atom. The molecule has 0 saturated heterocycles. The van der Waals surface area contributed by atoms with Crippen LogP contribution in [-0.2, 0) is 12.8 Å². The lowest BCUT2D eigenvalue weighted by Gasteiger charge is -2.15. The summed E-state index contributed by atoms with van der Waals surface area (Å²) in [6.07, 6.45) is 1.50. The number of aliphatic hydroxyl groups is 1. The molecule has 2 rings (SSSR count). The van der Waals surface area contributed by atoms with Gasteiger partial charge in [0.2, 0.25) is 0 Å². The standard InChI is InChI=1S/C16H19NO/c17-16(14-7-2-1-3-8-14)12-15-9-5-4-6-13(15)10-11-18/h1-9,16,18H,10-12,17H2/t16-/m0/s1. The molecular formula is C16H19NO. The molecule has 0 bridgehead atoms. The van der Waals surface area contributed by atoms with Crippen LogP contribution in [0.3, 0.4) is 0 Å². The third-order valence-electron chi connectivity index (χ3n) is 3.17. The summed E-state index contributed by atoms with van der Waals surface area (Å²) in [6.45, 7) is 0.178. The minimum atomic E-state index is 0.00560. The van der Waals surface area contributed by atoms with E-state index in [1.807, 2.05) is 30.3 Å². The zero-order chi connectivity index (χ0) is 12.8. The summed E-state index contributed by atoms with van der Waals surface area (Å²) < 4.78 is 0. The van der Waals surface area contributed by atoms with Gasteiger partial charge in [0.25, 0.3) is 0 Å². The summed E-state index contributed by atoms with van der Waals surface area (Å²) in [6, 6.07) is 18.3. The quantitative estimate of drug-likeness (QED) is 0.844. The predicted octanol–water partition coefficient (Wildman–Crippen LogP) is 2.46. The molecule has 0 aromatic heterocycles. The Morgan fingerprint density at radius 1 is 0.889 bits per heavy atom. The van der Waals surface area contributed by atoms with Gasteiger partial charge in [-0.25, -0.2) is 0 Å². The van der Waals surface area contributed by atoms with E-state index in [0.29, 0.717) is 6.42 Å². The Kier molecular flexibility index (Phi) is 4.51. The van der Waals surface area contributed by atoms with Crippen LogP contribution >= 0.6 is 0 Å². The van der Waals surface area contributed by atoms with Crippen molar-refractivity contribution >= 4 is 0 Å². The number of aliphatic hydroxyl groups excluding tert-OH is 1. The predicted molar refractivity (Wildman–Crippen MR) is 74.3 cm³/mol. The van der Waals surface area contributed by atoms with Gasteiger partial charge in [0.15, 0.2) is 0 Å². The molecular weight excluding hydrogens is 222 g/mol. The number of benzene rings is 2. The average Bonchev–Trinajstić information content (AvgIpc) is 2.42. The summed E-state index contributed by atoms with van der Waals surface area (Å²) in [5, 5.41) is 9.06. The highest BCUT2D eigenvalue weighted by atomic mass is 16.2. The molecule has 2 aromatic carbocycles. The van der Waals surface area contributed by atoms with Crippen molar-refractivity contribution in [1.29, 1.82) is 0 Å². The summed E-state index contributed by atoms with van der Waals surface area (Å²) in [5.74, 6) is 0. The van der Waals surface area contributed by atoms with Gasteiger partial charge in [-0.05, 0) is 29.5 Å². The summed E-state index contributed by atoms with van der Waals surface area (Å²) in [7, 11) is 0. The van der Waals surface area contributed by atoms with Crippen molar-refractivity contribution in [2.45, 2.75) is 18.9 Å². The second-order valence-corrected chi connectivity index (χ2v) is 4.46. The molecule has 2 nitrogen and oxygen atoms in total. The number of hydrogen-bond acceptors (Lipinski definition) is 2. The van der Waals surface area contributed by atoms with Crippen LogP contribution in [0, 0.1) is 0 Å². The molecule has 0 saturated carbocycles. The third kappa shape index (κ3) is 3.19. The lowest BCUT2D eigenvalue weighted by molar-refractivity contribution is 0.299. The maximum atomic E-state index is 9.06. The second-order valence-electron chi connectivity index (χ2n) is 4.46. The summed E-state index contributed by atoms with van der Waals surface area (Å²) >= 11 is 0. The third-order valence-corrected chi connectivity index (χ3v) is 3.17. The number of hydrogen-bond donors (Lipinski definition) is 2. The maximum Gasteiger partial charge on any atom is 0.0471 e. The van der Waals surface area contributed by atoms with E-state index in [-0.39, 0.29) is 12.6 Å². The fourth-order valence-corrected chi connectivity index (χ4v) is 2.18. The second kappa shape index (κ2) is 6.34. The molecule has 0 radical (unpaired) electrons. The normalized spacial score (nSPS) is 12.3. The van der Waals surface area contributed by atoms with E-state index < -0.39 is 0 Å². The first kappa shape index (κ1) is 12.8. The Bertz CT molecular complexity index is 481. The fourth-order valence-electron chi connectivity index (χ4n) is 2.18. The van der Waals surface area contributed by atoms with E-state index in [9.17, 15) is 0 Å². The van der Waals surface area contributed by atoms with Crippen molar-refractivity contribution in [3.63, 3.8) is 0 Å². The van der Waals surface area contributed by atoms with Crippen LogP contribution in [0.15, 0.2) is 54.6 Å². The number of nitrogens with two attached hydrogens (primary N) is 1. The topological polar surface area (TPSA) is 46.2 Å². The molecule has 0 fully saturated rings. The first-order chi connectivity index (χ1) is 8.81. The Hall–Kier alpha value is -1.64. The van der Waals surface area contributed by atoms with Crippen LogP contribution in [0.4, 0.5) is 0 Å². The van der Waals surface area contributed by atoms with E-state index in [1.54, 1.807) is 0 Å². The Balaban J connectivity index is 2.14. The van der Waals surface area contributed by atoms with Crippen molar-refractivity contribution in [3.8, 4) is 0 Å². The van der Waals surface area contributed by atoms with E-state index in [2.05, 4.69) is 24.3 Å². The monoisotopic (exact) mass is 241 g/mol. The lowest BCUT2D eigenvalue weighted by atomic mass is 9.95. The van der Waals surface area contributed by atoms with Crippen molar-refractivity contribution < 1.29 is 5.11 Å². The van der Waals surface area contributed by atoms with E-state index in [0.717, 1.165) is 12.0 Å². The molecule has 2 heteroatoms. The Morgan fingerprint density at radius 3 is 2.17 bits per heavy atom. The van der Waals surface area contributed by atoms with Gasteiger partial charge in [-0.15, -0.1) is 0 Å². The molecule has 3 N–H and O–H groups in total. The van der Waals surface area contributed by atoms with E-state index in [1.165, 1.54) is 11.1 Å². The molecule has 0 heterocycles. The van der Waals surface area contributed by atoms with Crippen LogP contribution < -0.4 is 5.73 Å². The smallest absolute Gasteiger partial charge is 0.0471 e. The van der Waals surface area contributed by atoms with Gasteiger partial charge in [0.05, 0.1) is 0 Å². The molecule has 0 aliphatic carbocycles. The molecule has 0 unspecified atom stereocenters. The van der Waals surface area contributed by atoms with Crippen LogP contribution in [0.5, 0.6) is 0 Å². The number of rotatable bonds is 5. The van der Waals surface area contributed by atoms with Gasteiger partial charge >= 0.3 is 0 Å². The van der Waals surface area contributed by atoms with Gasteiger partial charge in [-0.1, -0.05) is 54.6 Å². The minimum Gasteiger partial charge on any atom is -0.396 e. The van der Waals surface area contributed by atoms with Crippen molar-refractivity contribution in [1.82, 2.24) is 0 Å². The van der Waals surface area contributed by atoms with Gasteiger partial charge in [0.1, 0.15) is 0 Å². The van der Waals surface area contributed by atoms with Crippen molar-refractivity contribution in [2.24, 2.45) is 5.73 Å². The zero-order valence-corrected chi connectivity index (χ0v) is 10.4. The molecule has 0 amide bonds. The first-order valence-electron chi connectivity index (χ1n) is 6.29. The highest BCUT2D eigenvalue weighted by Crippen LogP contribution is 2.18. The highest BCUT2D eigenvalue weighted by molar-refractivity contribution is 5.30. The van der Waals surface area contributed by atoms with Gasteiger partial charge in [-0.2, -0.15) is 0 Å². The molecule has 0 aliphatic rings. The van der Waals surface area contributed by atoms with Crippen molar-refractivity contribution in [3.05, 3.63) is 71.3 Å². The molecule has 0 aliphatic heterocycles. The zero-order valence-electron chi connectivity index (χ0n) is 10.4. The lowest BCUT2D eigenvalue weighted by Crippen LogP contribution is -2.14. The Labute approximate surface area is 108 Å². The maximum absolute atomic E-state index is 9.06. The van der Waals surface area contributed by atoms with Crippen LogP contribution in [-0.4, -0.2) is 11.7 Å². The summed E-state index contributed by atoms with van der Waals surface area (Å²) in [5.41, 5.74) is 9.79. The summed E-state index contributed by atoms with van der Waals surface area (Å²) in [4.78, 5) is 0. The molecule has 0 spiro atoms. The van der Waals surface area contributed by atoms with Gasteiger partial charge < -0.3 is 10.8 Å². The van der Waals surface area contributed by atoms with Gasteiger partial charge in [0, 0.05) is 12.6 Å². The molecule has 1 atom stereocenters. The van der Waals surface area contributed by atoms with Crippen LogP contribution in [0.2, 0.25) is 0 Å². The average molecular weight is 241 g/mol. The van der Waals surface area contributed by atoms with E-state index in [4.69, 9.17) is 10.8 Å². The SMILES string of the molecule is N[C@@H](Cc1ccccc1CCO)c1ccccc1. The van der Waals surface area contributed by atoms with E-state index >= 15 is 0 Å². The first-order valence-corrected chi connectivity index (χ1v) is 6.29. The van der Waals surface area contributed by atoms with Crippen molar-refractivity contribution in [2.75, 3.05) is 6.61 Å². The van der Waals surface area contributed by atoms with Gasteiger partial charge in [-0.3, -0.25) is 0 Å². The van der Waals surface area contributed by atoms with Crippen LogP contribution in [0.1, 0.15) is 22.7 Å². The fraction of sp³-hybridized carbons (Fsp3) is 0.250. The molecule has 2 aromatic rings. The highest BCUT2D eigenvalue weighted by Gasteiger charge is 2.09. The largest absolute Gasteiger partial charge is 0.396 e. The molecule has 94 valence electrons.